The Morgan fingerprint density at radius 1 is 1.00 bits per heavy atom. The van der Waals surface area contributed by atoms with Crippen molar-refractivity contribution in [1.82, 2.24) is 4.98 Å². The van der Waals surface area contributed by atoms with Crippen LogP contribution in [-0.4, -0.2) is 22.8 Å². The number of fused-ring (bicyclic) bond motifs is 1. The van der Waals surface area contributed by atoms with E-state index in [1.807, 2.05) is 36.6 Å². The van der Waals surface area contributed by atoms with Crippen LogP contribution in [0.2, 0.25) is 5.02 Å². The van der Waals surface area contributed by atoms with Crippen molar-refractivity contribution < 1.29 is 19.1 Å². The molecule has 34 heavy (non-hydrogen) atoms. The molecular formula is C26H17ClN2O4S. The fourth-order valence-electron chi connectivity index (χ4n) is 3.64. The van der Waals surface area contributed by atoms with Crippen molar-refractivity contribution in [1.29, 1.82) is 0 Å². The summed E-state index contributed by atoms with van der Waals surface area (Å²) in [6, 6.07) is 18.9. The Bertz CT molecular complexity index is 1450. The Hall–Kier alpha value is -3.81. The lowest BCUT2D eigenvalue weighted by Crippen LogP contribution is -2.29. The molecule has 0 fully saturated rings. The van der Waals surface area contributed by atoms with Gasteiger partial charge in [0.15, 0.2) is 0 Å². The van der Waals surface area contributed by atoms with Gasteiger partial charge in [0.05, 0.1) is 33.1 Å². The quantitative estimate of drug-likeness (QED) is 0.257. The fourth-order valence-corrected chi connectivity index (χ4v) is 4.68. The highest BCUT2D eigenvalue weighted by atomic mass is 35.5. The Balaban J connectivity index is 1.31. The van der Waals surface area contributed by atoms with E-state index in [9.17, 15) is 14.4 Å². The number of para-hydroxylation sites is 1. The van der Waals surface area contributed by atoms with Gasteiger partial charge in [0.2, 0.25) is 0 Å². The first-order valence-electron chi connectivity index (χ1n) is 10.4. The summed E-state index contributed by atoms with van der Waals surface area (Å²) in [4.78, 5) is 44.0. The molecule has 0 radical (unpaired) electrons. The summed E-state index contributed by atoms with van der Waals surface area (Å²) in [5.74, 6) is -1.63. The molecule has 8 heteroatoms. The van der Waals surface area contributed by atoms with E-state index in [2.05, 4.69) is 4.98 Å². The van der Waals surface area contributed by atoms with Gasteiger partial charge in [0.1, 0.15) is 11.6 Å². The molecule has 2 heterocycles. The van der Waals surface area contributed by atoms with Crippen LogP contribution < -0.4 is 4.90 Å². The third kappa shape index (κ3) is 4.00. The Kier molecular flexibility index (Phi) is 5.73. The summed E-state index contributed by atoms with van der Waals surface area (Å²) < 4.78 is 5.41. The Labute approximate surface area is 204 Å². The molecular weight excluding hydrogens is 472 g/mol. The summed E-state index contributed by atoms with van der Waals surface area (Å²) >= 11 is 7.65. The average Bonchev–Trinajstić information content (AvgIpc) is 3.41. The molecule has 0 bridgehead atoms. The highest BCUT2D eigenvalue weighted by Gasteiger charge is 2.38. The summed E-state index contributed by atoms with van der Waals surface area (Å²) in [6.45, 7) is 2.02. The number of hydrogen-bond donors (Lipinski definition) is 0. The average molecular weight is 489 g/mol. The molecule has 1 aliphatic heterocycles. The van der Waals surface area contributed by atoms with Gasteiger partial charge in [-0.25, -0.2) is 14.7 Å². The minimum atomic E-state index is -0.607. The van der Waals surface area contributed by atoms with Crippen molar-refractivity contribution in [2.24, 2.45) is 0 Å². The van der Waals surface area contributed by atoms with Crippen molar-refractivity contribution in [2.75, 3.05) is 4.90 Å². The van der Waals surface area contributed by atoms with Gasteiger partial charge >= 0.3 is 5.97 Å². The number of carbonyl (C=O) groups is 3. The number of imide groups is 1. The molecule has 1 aliphatic rings. The second-order valence-corrected chi connectivity index (χ2v) is 9.01. The molecule has 5 rings (SSSR count). The van der Waals surface area contributed by atoms with Gasteiger partial charge in [-0.05, 0) is 37.3 Å². The topological polar surface area (TPSA) is 76.6 Å². The van der Waals surface area contributed by atoms with Crippen LogP contribution in [0, 0.1) is 6.92 Å². The largest absolute Gasteiger partial charge is 0.456 e. The van der Waals surface area contributed by atoms with Gasteiger partial charge in [0.25, 0.3) is 11.8 Å². The van der Waals surface area contributed by atoms with E-state index in [1.165, 1.54) is 35.1 Å². The van der Waals surface area contributed by atoms with Crippen molar-refractivity contribution in [3.63, 3.8) is 0 Å². The first-order valence-corrected chi connectivity index (χ1v) is 11.6. The molecule has 0 saturated heterocycles. The van der Waals surface area contributed by atoms with Crippen LogP contribution in [0.4, 0.5) is 5.69 Å². The van der Waals surface area contributed by atoms with E-state index >= 15 is 0 Å². The first-order chi connectivity index (χ1) is 16.4. The number of aromatic nitrogens is 1. The van der Waals surface area contributed by atoms with Crippen LogP contribution in [0.3, 0.4) is 0 Å². The normalized spacial score (nSPS) is 12.7. The highest BCUT2D eigenvalue weighted by Crippen LogP contribution is 2.33. The maximum Gasteiger partial charge on any atom is 0.338 e. The van der Waals surface area contributed by atoms with E-state index in [0.29, 0.717) is 11.4 Å². The van der Waals surface area contributed by atoms with Crippen molar-refractivity contribution in [3.05, 3.63) is 105 Å². The SMILES string of the molecule is Cc1ccc(-c2nc(COC(=O)c3ccc4c(c3)C(=O)N(c3ccccc3Cl)C4=O)cs2)cc1. The van der Waals surface area contributed by atoms with E-state index in [1.54, 1.807) is 24.3 Å². The van der Waals surface area contributed by atoms with Crippen LogP contribution in [-0.2, 0) is 11.3 Å². The number of rotatable bonds is 5. The van der Waals surface area contributed by atoms with Gasteiger partial charge in [-0.2, -0.15) is 0 Å². The number of nitrogens with zero attached hydrogens (tertiary/aromatic N) is 2. The Morgan fingerprint density at radius 3 is 2.50 bits per heavy atom. The van der Waals surface area contributed by atoms with Gasteiger partial charge < -0.3 is 4.74 Å². The van der Waals surface area contributed by atoms with Gasteiger partial charge in [-0.15, -0.1) is 11.3 Å². The molecule has 3 aromatic carbocycles. The number of benzene rings is 3. The smallest absolute Gasteiger partial charge is 0.338 e. The lowest BCUT2D eigenvalue weighted by Gasteiger charge is -2.15. The summed E-state index contributed by atoms with van der Waals surface area (Å²) in [7, 11) is 0. The first kappa shape index (κ1) is 22.0. The molecule has 1 aromatic heterocycles. The van der Waals surface area contributed by atoms with Gasteiger partial charge in [-0.1, -0.05) is 53.6 Å². The van der Waals surface area contributed by atoms with Crippen LogP contribution in [0.25, 0.3) is 10.6 Å². The number of carbonyl (C=O) groups excluding carboxylic acids is 3. The van der Waals surface area contributed by atoms with E-state index in [4.69, 9.17) is 16.3 Å². The number of aryl methyl sites for hydroxylation is 1. The van der Waals surface area contributed by atoms with E-state index in [-0.39, 0.29) is 28.3 Å². The fraction of sp³-hybridized carbons (Fsp3) is 0.0769. The molecule has 6 nitrogen and oxygen atoms in total. The lowest BCUT2D eigenvalue weighted by molar-refractivity contribution is 0.0468. The summed E-state index contributed by atoms with van der Waals surface area (Å²) in [6.07, 6.45) is 0. The molecule has 0 saturated carbocycles. The summed E-state index contributed by atoms with van der Waals surface area (Å²) in [5.41, 5.74) is 3.61. The zero-order chi connectivity index (χ0) is 23.8. The van der Waals surface area contributed by atoms with Gasteiger partial charge in [-0.3, -0.25) is 9.59 Å². The maximum absolute atomic E-state index is 13.0. The van der Waals surface area contributed by atoms with Crippen LogP contribution in [0.15, 0.2) is 72.1 Å². The van der Waals surface area contributed by atoms with Crippen molar-refractivity contribution in [2.45, 2.75) is 13.5 Å². The molecule has 0 aliphatic carbocycles. The predicted octanol–water partition coefficient (Wildman–Crippen LogP) is 5.93. The summed E-state index contributed by atoms with van der Waals surface area (Å²) in [5, 5.41) is 2.96. The number of amides is 2. The third-order valence-electron chi connectivity index (χ3n) is 5.42. The van der Waals surface area contributed by atoms with Crippen LogP contribution >= 0.6 is 22.9 Å². The number of ether oxygens (including phenoxy) is 1. The minimum absolute atomic E-state index is 0.00307. The van der Waals surface area contributed by atoms with Crippen molar-refractivity contribution in [3.8, 4) is 10.6 Å². The zero-order valence-corrected chi connectivity index (χ0v) is 19.5. The molecule has 0 N–H and O–H groups in total. The molecule has 2 amide bonds. The number of thiazole rings is 1. The molecule has 0 atom stereocenters. The molecule has 168 valence electrons. The second kappa shape index (κ2) is 8.85. The number of hydrogen-bond acceptors (Lipinski definition) is 6. The predicted molar refractivity (Wildman–Crippen MR) is 130 cm³/mol. The monoisotopic (exact) mass is 488 g/mol. The van der Waals surface area contributed by atoms with E-state index < -0.39 is 17.8 Å². The van der Waals surface area contributed by atoms with Crippen LogP contribution in [0.1, 0.15) is 42.3 Å². The molecule has 0 unspecified atom stereocenters. The van der Waals surface area contributed by atoms with Crippen LogP contribution in [0.5, 0.6) is 0 Å². The number of anilines is 1. The van der Waals surface area contributed by atoms with E-state index in [0.717, 1.165) is 15.5 Å². The third-order valence-corrected chi connectivity index (χ3v) is 6.68. The second-order valence-electron chi connectivity index (χ2n) is 7.74. The molecule has 4 aromatic rings. The van der Waals surface area contributed by atoms with Crippen molar-refractivity contribution >= 4 is 46.4 Å². The standard InChI is InChI=1S/C26H17ClN2O4S/c1-15-6-8-16(9-7-15)23-28-18(14-34-23)13-33-26(32)17-10-11-19-20(12-17)25(31)29(24(19)30)22-5-3-2-4-21(22)27/h2-12,14H,13H2,1H3. The maximum atomic E-state index is 13.0. The molecule has 0 spiro atoms. The minimum Gasteiger partial charge on any atom is -0.456 e. The van der Waals surface area contributed by atoms with Gasteiger partial charge in [0, 0.05) is 10.9 Å². The highest BCUT2D eigenvalue weighted by molar-refractivity contribution is 7.13. The lowest BCUT2D eigenvalue weighted by atomic mass is 10.1. The zero-order valence-electron chi connectivity index (χ0n) is 17.9. The number of halogens is 1. The Morgan fingerprint density at radius 2 is 1.74 bits per heavy atom. The number of esters is 1.